The van der Waals surface area contributed by atoms with E-state index in [0.29, 0.717) is 5.75 Å². The van der Waals surface area contributed by atoms with Crippen molar-refractivity contribution in [3.8, 4) is 0 Å². The molecule has 11 heavy (non-hydrogen) atoms. The standard InChI is InChI=1S/C7H12ClNOS/c1-3-11(10)9-6(2)7(8)4-5-7/h3-5H2,1-2H3/b9-6+. The van der Waals surface area contributed by atoms with E-state index in [2.05, 4.69) is 4.40 Å². The lowest BCUT2D eigenvalue weighted by molar-refractivity contribution is 0.685. The van der Waals surface area contributed by atoms with E-state index in [-0.39, 0.29) is 4.87 Å². The number of rotatable bonds is 3. The Morgan fingerprint density at radius 3 is 2.64 bits per heavy atom. The third-order valence-corrected chi connectivity index (χ3v) is 3.45. The maximum Gasteiger partial charge on any atom is 0.139 e. The Bertz CT molecular complexity index is 210. The predicted molar refractivity (Wildman–Crippen MR) is 49.6 cm³/mol. The molecule has 0 N–H and O–H groups in total. The van der Waals surface area contributed by atoms with Crippen LogP contribution in [0.25, 0.3) is 0 Å². The summed E-state index contributed by atoms with van der Waals surface area (Å²) in [7, 11) is -1.06. The largest absolute Gasteiger partial charge is 0.235 e. The molecule has 4 heteroatoms. The van der Waals surface area contributed by atoms with Crippen molar-refractivity contribution in [1.29, 1.82) is 0 Å². The number of nitrogens with zero attached hydrogens (tertiary/aromatic N) is 1. The predicted octanol–water partition coefficient (Wildman–Crippen LogP) is 1.90. The van der Waals surface area contributed by atoms with Crippen molar-refractivity contribution in [3.05, 3.63) is 0 Å². The summed E-state index contributed by atoms with van der Waals surface area (Å²) in [6.07, 6.45) is 1.95. The van der Waals surface area contributed by atoms with Gasteiger partial charge >= 0.3 is 0 Å². The average Bonchev–Trinajstić information content (AvgIpc) is 2.69. The van der Waals surface area contributed by atoms with Crippen LogP contribution >= 0.6 is 11.6 Å². The zero-order chi connectivity index (χ0) is 8.48. The highest BCUT2D eigenvalue weighted by Crippen LogP contribution is 2.43. The molecule has 1 fully saturated rings. The minimum atomic E-state index is -1.06. The summed E-state index contributed by atoms with van der Waals surface area (Å²) in [6.45, 7) is 3.70. The Hall–Kier alpha value is 0.110. The number of hydrogen-bond donors (Lipinski definition) is 0. The van der Waals surface area contributed by atoms with Crippen LogP contribution in [0.5, 0.6) is 0 Å². The van der Waals surface area contributed by atoms with Crippen LogP contribution in [0.2, 0.25) is 0 Å². The van der Waals surface area contributed by atoms with Gasteiger partial charge in [-0.3, -0.25) is 0 Å². The quantitative estimate of drug-likeness (QED) is 0.497. The first-order valence-corrected chi connectivity index (χ1v) is 5.37. The summed E-state index contributed by atoms with van der Waals surface area (Å²) in [4.78, 5) is -0.231. The number of hydrogen-bond acceptors (Lipinski definition) is 1. The summed E-state index contributed by atoms with van der Waals surface area (Å²) in [5.74, 6) is 0.574. The fourth-order valence-electron chi connectivity index (χ4n) is 0.771. The Morgan fingerprint density at radius 1 is 1.73 bits per heavy atom. The van der Waals surface area contributed by atoms with E-state index in [4.69, 9.17) is 11.6 Å². The van der Waals surface area contributed by atoms with Crippen molar-refractivity contribution < 1.29 is 4.21 Å². The first kappa shape index (κ1) is 9.20. The molecule has 0 aromatic heterocycles. The molecule has 0 heterocycles. The molecule has 0 aromatic rings. The van der Waals surface area contributed by atoms with Crippen molar-refractivity contribution in [3.63, 3.8) is 0 Å². The van der Waals surface area contributed by atoms with Gasteiger partial charge in [0.1, 0.15) is 11.0 Å². The molecule has 1 saturated carbocycles. The molecule has 0 bridgehead atoms. The topological polar surface area (TPSA) is 29.4 Å². The normalized spacial score (nSPS) is 24.8. The van der Waals surface area contributed by atoms with E-state index >= 15 is 0 Å². The van der Waals surface area contributed by atoms with Crippen LogP contribution < -0.4 is 0 Å². The zero-order valence-electron chi connectivity index (χ0n) is 6.76. The lowest BCUT2D eigenvalue weighted by Gasteiger charge is -2.02. The van der Waals surface area contributed by atoms with Crippen molar-refractivity contribution in [2.45, 2.75) is 31.6 Å². The second-order valence-corrected chi connectivity index (χ2v) is 4.88. The molecular formula is C7H12ClNOS. The van der Waals surface area contributed by atoms with Crippen LogP contribution in [0.1, 0.15) is 26.7 Å². The summed E-state index contributed by atoms with van der Waals surface area (Å²) in [5, 5.41) is 0. The molecule has 0 aliphatic heterocycles. The summed E-state index contributed by atoms with van der Waals surface area (Å²) in [5.41, 5.74) is 0.833. The maximum atomic E-state index is 11.0. The van der Waals surface area contributed by atoms with Crippen LogP contribution in [0.15, 0.2) is 4.40 Å². The molecule has 1 rings (SSSR count). The van der Waals surface area contributed by atoms with Crippen molar-refractivity contribution in [2.75, 3.05) is 5.75 Å². The third kappa shape index (κ3) is 2.27. The minimum absolute atomic E-state index is 0.231. The van der Waals surface area contributed by atoms with Crippen LogP contribution in [0.3, 0.4) is 0 Å². The first-order valence-electron chi connectivity index (χ1n) is 3.71. The molecule has 0 spiro atoms. The van der Waals surface area contributed by atoms with Crippen molar-refractivity contribution >= 4 is 28.3 Å². The van der Waals surface area contributed by atoms with Gasteiger partial charge in [-0.05, 0) is 19.8 Å². The highest BCUT2D eigenvalue weighted by molar-refractivity contribution is 7.83. The van der Waals surface area contributed by atoms with Gasteiger partial charge in [0.05, 0.1) is 4.87 Å². The molecule has 0 saturated heterocycles. The summed E-state index contributed by atoms with van der Waals surface area (Å²) < 4.78 is 14.9. The lowest BCUT2D eigenvalue weighted by atomic mass is 10.3. The zero-order valence-corrected chi connectivity index (χ0v) is 8.34. The van der Waals surface area contributed by atoms with Crippen molar-refractivity contribution in [2.24, 2.45) is 4.40 Å². The van der Waals surface area contributed by atoms with Gasteiger partial charge in [-0.2, -0.15) is 4.40 Å². The molecule has 1 aliphatic rings. The van der Waals surface area contributed by atoms with Crippen LogP contribution in [0, 0.1) is 0 Å². The van der Waals surface area contributed by atoms with Crippen LogP contribution in [-0.2, 0) is 11.0 Å². The van der Waals surface area contributed by atoms with Gasteiger partial charge < -0.3 is 0 Å². The second kappa shape index (κ2) is 3.23. The Balaban J connectivity index is 2.59. The summed E-state index contributed by atoms with van der Waals surface area (Å²) in [6, 6.07) is 0. The lowest BCUT2D eigenvalue weighted by Crippen LogP contribution is -2.12. The Labute approximate surface area is 74.6 Å². The van der Waals surface area contributed by atoms with E-state index < -0.39 is 11.0 Å². The average molecular weight is 194 g/mol. The Morgan fingerprint density at radius 2 is 2.27 bits per heavy atom. The highest BCUT2D eigenvalue weighted by Gasteiger charge is 2.43. The highest BCUT2D eigenvalue weighted by atomic mass is 35.5. The smallest absolute Gasteiger partial charge is 0.139 e. The van der Waals surface area contributed by atoms with Gasteiger partial charge in [-0.1, -0.05) is 6.92 Å². The van der Waals surface area contributed by atoms with Gasteiger partial charge in [0.25, 0.3) is 0 Å². The first-order chi connectivity index (χ1) is 5.08. The number of alkyl halides is 1. The minimum Gasteiger partial charge on any atom is -0.235 e. The third-order valence-electron chi connectivity index (χ3n) is 1.82. The molecule has 64 valence electrons. The van der Waals surface area contributed by atoms with Gasteiger partial charge in [-0.25, -0.2) is 4.21 Å². The van der Waals surface area contributed by atoms with E-state index in [1.54, 1.807) is 0 Å². The van der Waals surface area contributed by atoms with Gasteiger partial charge in [0, 0.05) is 11.5 Å². The summed E-state index contributed by atoms with van der Waals surface area (Å²) >= 11 is 6.03. The number of halogens is 1. The molecule has 0 aromatic carbocycles. The molecule has 1 aliphatic carbocycles. The Kier molecular flexibility index (Phi) is 2.70. The van der Waals surface area contributed by atoms with E-state index in [1.807, 2.05) is 13.8 Å². The molecule has 1 atom stereocenters. The molecular weight excluding hydrogens is 182 g/mol. The fraction of sp³-hybridized carbons (Fsp3) is 0.857. The van der Waals surface area contributed by atoms with E-state index in [9.17, 15) is 4.21 Å². The molecule has 1 unspecified atom stereocenters. The second-order valence-electron chi connectivity index (χ2n) is 2.75. The van der Waals surface area contributed by atoms with E-state index in [0.717, 1.165) is 18.6 Å². The van der Waals surface area contributed by atoms with Crippen molar-refractivity contribution in [1.82, 2.24) is 0 Å². The van der Waals surface area contributed by atoms with Gasteiger partial charge in [0.15, 0.2) is 0 Å². The van der Waals surface area contributed by atoms with Crippen LogP contribution in [0.4, 0.5) is 0 Å². The van der Waals surface area contributed by atoms with Gasteiger partial charge in [-0.15, -0.1) is 11.6 Å². The molecule has 0 radical (unpaired) electrons. The molecule has 2 nitrogen and oxygen atoms in total. The maximum absolute atomic E-state index is 11.0. The molecule has 0 amide bonds. The fourth-order valence-corrected chi connectivity index (χ4v) is 1.57. The van der Waals surface area contributed by atoms with Gasteiger partial charge in [0.2, 0.25) is 0 Å². The SMILES string of the molecule is CCS(=O)/N=C(\C)C1(Cl)CC1. The monoisotopic (exact) mass is 193 g/mol. The van der Waals surface area contributed by atoms with E-state index in [1.165, 1.54) is 0 Å². The van der Waals surface area contributed by atoms with Crippen LogP contribution in [-0.4, -0.2) is 20.5 Å².